The highest BCUT2D eigenvalue weighted by atomic mass is 32.1. The first kappa shape index (κ1) is 17.3. The molecule has 2 fully saturated rings. The number of thiocarbonyl (C=S) groups is 1. The van der Waals surface area contributed by atoms with Crippen LogP contribution in [0.1, 0.15) is 47.6 Å². The molecular formula is C23H26N2S. The smallest absolute Gasteiger partial charge is 0.167 e. The molecule has 4 rings (SSSR count). The van der Waals surface area contributed by atoms with Crippen molar-refractivity contribution in [1.29, 1.82) is 0 Å². The summed E-state index contributed by atoms with van der Waals surface area (Å²) in [6.45, 7) is 4.27. The van der Waals surface area contributed by atoms with Gasteiger partial charge in [0.15, 0.2) is 5.11 Å². The SMILES string of the molecule is Cc1ccc(C=C2CCCC3C2NC(=S)NC3c2ccc(C)cc2)cc1. The second-order valence-electron chi connectivity index (χ2n) is 7.67. The Bertz CT molecular complexity index is 820. The zero-order chi connectivity index (χ0) is 18.1. The Hall–Kier alpha value is -2.13. The summed E-state index contributed by atoms with van der Waals surface area (Å²) in [7, 11) is 0. The molecule has 0 bridgehead atoms. The maximum absolute atomic E-state index is 5.56. The summed E-state index contributed by atoms with van der Waals surface area (Å²) in [4.78, 5) is 0. The molecular weight excluding hydrogens is 336 g/mol. The summed E-state index contributed by atoms with van der Waals surface area (Å²) in [5.41, 5.74) is 6.70. The molecule has 26 heavy (non-hydrogen) atoms. The lowest BCUT2D eigenvalue weighted by Gasteiger charge is -2.45. The minimum absolute atomic E-state index is 0.288. The van der Waals surface area contributed by atoms with Gasteiger partial charge in [-0.05, 0) is 62.0 Å². The third-order valence-electron chi connectivity index (χ3n) is 5.70. The van der Waals surface area contributed by atoms with Crippen molar-refractivity contribution in [2.45, 2.75) is 45.2 Å². The first-order valence-corrected chi connectivity index (χ1v) is 9.92. The molecule has 2 aliphatic rings. The maximum atomic E-state index is 5.56. The van der Waals surface area contributed by atoms with Crippen molar-refractivity contribution in [3.8, 4) is 0 Å². The topological polar surface area (TPSA) is 24.1 Å². The van der Waals surface area contributed by atoms with E-state index in [1.54, 1.807) is 0 Å². The van der Waals surface area contributed by atoms with Gasteiger partial charge in [0, 0.05) is 5.92 Å². The Morgan fingerprint density at radius 2 is 1.50 bits per heavy atom. The van der Waals surface area contributed by atoms with Gasteiger partial charge in [0.1, 0.15) is 0 Å². The average molecular weight is 363 g/mol. The summed E-state index contributed by atoms with van der Waals surface area (Å²) >= 11 is 5.56. The lowest BCUT2D eigenvalue weighted by atomic mass is 9.73. The number of benzene rings is 2. The Kier molecular flexibility index (Phi) is 4.82. The first-order valence-electron chi connectivity index (χ1n) is 9.51. The molecule has 1 heterocycles. The number of rotatable bonds is 2. The van der Waals surface area contributed by atoms with E-state index in [2.05, 4.69) is 79.1 Å². The van der Waals surface area contributed by atoms with E-state index < -0.39 is 0 Å². The molecule has 1 aliphatic heterocycles. The molecule has 3 heteroatoms. The lowest BCUT2D eigenvalue weighted by Crippen LogP contribution is -2.57. The molecule has 2 nitrogen and oxygen atoms in total. The molecule has 1 saturated carbocycles. The van der Waals surface area contributed by atoms with Gasteiger partial charge in [-0.2, -0.15) is 0 Å². The van der Waals surface area contributed by atoms with Crippen molar-refractivity contribution in [3.63, 3.8) is 0 Å². The quantitative estimate of drug-likeness (QED) is 0.729. The van der Waals surface area contributed by atoms with E-state index in [1.165, 1.54) is 40.7 Å². The molecule has 134 valence electrons. The van der Waals surface area contributed by atoms with E-state index >= 15 is 0 Å². The molecule has 2 aromatic rings. The fourth-order valence-corrected chi connectivity index (χ4v) is 4.53. The van der Waals surface area contributed by atoms with E-state index in [4.69, 9.17) is 12.2 Å². The fraction of sp³-hybridized carbons (Fsp3) is 0.348. The molecule has 0 amide bonds. The maximum Gasteiger partial charge on any atom is 0.167 e. The van der Waals surface area contributed by atoms with Crippen molar-refractivity contribution in [3.05, 3.63) is 76.4 Å². The highest BCUT2D eigenvalue weighted by Crippen LogP contribution is 2.40. The molecule has 2 aromatic carbocycles. The van der Waals surface area contributed by atoms with Crippen LogP contribution < -0.4 is 10.6 Å². The van der Waals surface area contributed by atoms with Gasteiger partial charge in [0.25, 0.3) is 0 Å². The Morgan fingerprint density at radius 3 is 2.19 bits per heavy atom. The lowest BCUT2D eigenvalue weighted by molar-refractivity contribution is 0.260. The van der Waals surface area contributed by atoms with Gasteiger partial charge in [0.2, 0.25) is 0 Å². The predicted octanol–water partition coefficient (Wildman–Crippen LogP) is 5.07. The number of hydrogen-bond donors (Lipinski definition) is 2. The van der Waals surface area contributed by atoms with Gasteiger partial charge in [-0.15, -0.1) is 0 Å². The van der Waals surface area contributed by atoms with Crippen LogP contribution in [0.25, 0.3) is 6.08 Å². The molecule has 2 N–H and O–H groups in total. The van der Waals surface area contributed by atoms with Gasteiger partial charge >= 0.3 is 0 Å². The molecule has 0 spiro atoms. The minimum atomic E-state index is 0.288. The minimum Gasteiger partial charge on any atom is -0.356 e. The fourth-order valence-electron chi connectivity index (χ4n) is 4.27. The van der Waals surface area contributed by atoms with Crippen LogP contribution in [0.5, 0.6) is 0 Å². The number of aryl methyl sites for hydroxylation is 2. The van der Waals surface area contributed by atoms with Crippen molar-refractivity contribution in [2.24, 2.45) is 5.92 Å². The molecule has 3 unspecified atom stereocenters. The summed E-state index contributed by atoms with van der Waals surface area (Å²) in [5, 5.41) is 7.87. The van der Waals surface area contributed by atoms with Gasteiger partial charge in [-0.25, -0.2) is 0 Å². The highest BCUT2D eigenvalue weighted by molar-refractivity contribution is 7.80. The third kappa shape index (κ3) is 3.54. The van der Waals surface area contributed by atoms with Crippen LogP contribution in [0.15, 0.2) is 54.1 Å². The summed E-state index contributed by atoms with van der Waals surface area (Å²) in [5.74, 6) is 0.523. The number of hydrogen-bond acceptors (Lipinski definition) is 1. The van der Waals surface area contributed by atoms with Crippen LogP contribution in [0.4, 0.5) is 0 Å². The van der Waals surface area contributed by atoms with Crippen LogP contribution in [-0.2, 0) is 0 Å². The normalized spacial score (nSPS) is 26.8. The van der Waals surface area contributed by atoms with E-state index in [-0.39, 0.29) is 6.04 Å². The predicted molar refractivity (Wildman–Crippen MR) is 113 cm³/mol. The summed E-state index contributed by atoms with van der Waals surface area (Å²) in [6.07, 6.45) is 5.96. The second kappa shape index (κ2) is 7.24. The van der Waals surface area contributed by atoms with Crippen LogP contribution >= 0.6 is 12.2 Å². The molecule has 0 aromatic heterocycles. The standard InChI is InChI=1S/C23H26N2S/c1-15-6-10-17(11-7-15)14-19-4-3-5-20-21(24-23(26)25-22(19)20)18-12-8-16(2)9-13-18/h6-14,20-22H,3-5H2,1-2H3,(H2,24,25,26). The van der Waals surface area contributed by atoms with Crippen molar-refractivity contribution in [2.75, 3.05) is 0 Å². The van der Waals surface area contributed by atoms with E-state index in [9.17, 15) is 0 Å². The Morgan fingerprint density at radius 1 is 0.885 bits per heavy atom. The zero-order valence-electron chi connectivity index (χ0n) is 15.5. The van der Waals surface area contributed by atoms with E-state index in [0.29, 0.717) is 12.0 Å². The van der Waals surface area contributed by atoms with Crippen molar-refractivity contribution < 1.29 is 0 Å². The number of nitrogens with one attached hydrogen (secondary N) is 2. The van der Waals surface area contributed by atoms with Crippen LogP contribution in [-0.4, -0.2) is 11.2 Å². The van der Waals surface area contributed by atoms with Gasteiger partial charge < -0.3 is 10.6 Å². The van der Waals surface area contributed by atoms with Crippen molar-refractivity contribution in [1.82, 2.24) is 10.6 Å². The molecule has 0 radical (unpaired) electrons. The molecule has 1 aliphatic carbocycles. The Balaban J connectivity index is 1.65. The largest absolute Gasteiger partial charge is 0.356 e. The number of fused-ring (bicyclic) bond motifs is 1. The first-order chi connectivity index (χ1) is 12.6. The zero-order valence-corrected chi connectivity index (χ0v) is 16.3. The van der Waals surface area contributed by atoms with Gasteiger partial charge in [-0.1, -0.05) is 65.7 Å². The second-order valence-corrected chi connectivity index (χ2v) is 8.08. The average Bonchev–Trinajstić information content (AvgIpc) is 2.64. The van der Waals surface area contributed by atoms with Crippen LogP contribution in [0.3, 0.4) is 0 Å². The summed E-state index contributed by atoms with van der Waals surface area (Å²) in [6, 6.07) is 18.3. The van der Waals surface area contributed by atoms with Crippen molar-refractivity contribution >= 4 is 23.4 Å². The monoisotopic (exact) mass is 362 g/mol. The third-order valence-corrected chi connectivity index (χ3v) is 5.93. The van der Waals surface area contributed by atoms with Crippen LogP contribution in [0, 0.1) is 19.8 Å². The Labute approximate surface area is 161 Å². The van der Waals surface area contributed by atoms with Crippen LogP contribution in [0.2, 0.25) is 0 Å². The summed E-state index contributed by atoms with van der Waals surface area (Å²) < 4.78 is 0. The van der Waals surface area contributed by atoms with Gasteiger partial charge in [-0.3, -0.25) is 0 Å². The molecule has 1 saturated heterocycles. The highest BCUT2D eigenvalue weighted by Gasteiger charge is 2.39. The molecule has 3 atom stereocenters. The van der Waals surface area contributed by atoms with E-state index in [1.807, 2.05) is 0 Å². The van der Waals surface area contributed by atoms with Gasteiger partial charge in [0.05, 0.1) is 12.1 Å². The van der Waals surface area contributed by atoms with E-state index in [0.717, 1.165) is 11.5 Å².